The Bertz CT molecular complexity index is 477. The van der Waals surface area contributed by atoms with Gasteiger partial charge in [0.15, 0.2) is 0 Å². The van der Waals surface area contributed by atoms with Crippen molar-refractivity contribution in [2.45, 2.75) is 39.3 Å². The number of alkyl carbamates (subject to hydrolysis) is 1. The third-order valence-corrected chi connectivity index (χ3v) is 2.39. The summed E-state index contributed by atoms with van der Waals surface area (Å²) >= 11 is 0. The molecule has 104 valence electrons. The molecular weight excluding hydrogens is 246 g/mol. The van der Waals surface area contributed by atoms with Crippen LogP contribution in [0.25, 0.3) is 0 Å². The Balaban J connectivity index is 2.80. The van der Waals surface area contributed by atoms with Crippen molar-refractivity contribution < 1.29 is 19.4 Å². The standard InChI is InChI=1S/C14H19NO4/c1-9(15-13(18)19-14(2,3)4)11-7-10(8-16)5-6-12(11)17/h5-9,17H,1-4H3,(H,15,18). The van der Waals surface area contributed by atoms with Crippen molar-refractivity contribution in [2.75, 3.05) is 0 Å². The molecule has 19 heavy (non-hydrogen) atoms. The third kappa shape index (κ3) is 4.62. The van der Waals surface area contributed by atoms with Gasteiger partial charge in [0.05, 0.1) is 6.04 Å². The normalized spacial score (nSPS) is 12.6. The fourth-order valence-corrected chi connectivity index (χ4v) is 1.56. The lowest BCUT2D eigenvalue weighted by Gasteiger charge is -2.22. The molecule has 0 saturated heterocycles. The van der Waals surface area contributed by atoms with Crippen LogP contribution >= 0.6 is 0 Å². The lowest BCUT2D eigenvalue weighted by molar-refractivity contribution is 0.0507. The van der Waals surface area contributed by atoms with Crippen LogP contribution in [-0.4, -0.2) is 23.1 Å². The number of carbonyl (C=O) groups excluding carboxylic acids is 2. The molecule has 5 heteroatoms. The zero-order valence-corrected chi connectivity index (χ0v) is 11.6. The maximum absolute atomic E-state index is 11.6. The van der Waals surface area contributed by atoms with Gasteiger partial charge in [-0.3, -0.25) is 4.79 Å². The number of rotatable bonds is 3. The summed E-state index contributed by atoms with van der Waals surface area (Å²) in [6.45, 7) is 7.00. The molecule has 1 unspecified atom stereocenters. The number of aromatic hydroxyl groups is 1. The van der Waals surface area contributed by atoms with Crippen molar-refractivity contribution in [3.8, 4) is 5.75 Å². The summed E-state index contributed by atoms with van der Waals surface area (Å²) in [5, 5.41) is 12.3. The number of amides is 1. The second-order valence-corrected chi connectivity index (χ2v) is 5.30. The lowest BCUT2D eigenvalue weighted by atomic mass is 10.0. The van der Waals surface area contributed by atoms with E-state index in [2.05, 4.69) is 5.32 Å². The average molecular weight is 265 g/mol. The van der Waals surface area contributed by atoms with Crippen LogP contribution in [0.3, 0.4) is 0 Å². The SMILES string of the molecule is CC(NC(=O)OC(C)(C)C)c1cc(C=O)ccc1O. The first-order valence-corrected chi connectivity index (χ1v) is 6.00. The number of benzene rings is 1. The number of phenolic OH excluding ortho intramolecular Hbond substituents is 1. The smallest absolute Gasteiger partial charge is 0.408 e. The van der Waals surface area contributed by atoms with Crippen molar-refractivity contribution >= 4 is 12.4 Å². The Hall–Kier alpha value is -2.04. The van der Waals surface area contributed by atoms with E-state index >= 15 is 0 Å². The first kappa shape index (κ1) is 15.0. The minimum atomic E-state index is -0.587. The molecule has 0 aliphatic rings. The van der Waals surface area contributed by atoms with Gasteiger partial charge in [-0.05, 0) is 45.9 Å². The molecule has 0 heterocycles. The highest BCUT2D eigenvalue weighted by Gasteiger charge is 2.19. The van der Waals surface area contributed by atoms with E-state index in [0.717, 1.165) is 0 Å². The zero-order valence-electron chi connectivity index (χ0n) is 11.6. The molecule has 1 aromatic carbocycles. The largest absolute Gasteiger partial charge is 0.508 e. The fraction of sp³-hybridized carbons (Fsp3) is 0.429. The van der Waals surface area contributed by atoms with Crippen molar-refractivity contribution in [1.82, 2.24) is 5.32 Å². The van der Waals surface area contributed by atoms with Gasteiger partial charge in [0, 0.05) is 11.1 Å². The van der Waals surface area contributed by atoms with E-state index in [-0.39, 0.29) is 5.75 Å². The highest BCUT2D eigenvalue weighted by atomic mass is 16.6. The van der Waals surface area contributed by atoms with E-state index in [0.29, 0.717) is 17.4 Å². The first-order valence-electron chi connectivity index (χ1n) is 6.00. The van der Waals surface area contributed by atoms with Gasteiger partial charge in [0.1, 0.15) is 17.6 Å². The molecule has 0 aliphatic carbocycles. The molecule has 0 aromatic heterocycles. The second kappa shape index (κ2) is 5.73. The van der Waals surface area contributed by atoms with Gasteiger partial charge in [-0.15, -0.1) is 0 Å². The second-order valence-electron chi connectivity index (χ2n) is 5.30. The summed E-state index contributed by atoms with van der Waals surface area (Å²) in [5.74, 6) is 0.0224. The molecule has 1 rings (SSSR count). The Morgan fingerprint density at radius 3 is 2.58 bits per heavy atom. The number of ether oxygens (including phenoxy) is 1. The van der Waals surface area contributed by atoms with Gasteiger partial charge in [-0.1, -0.05) is 0 Å². The van der Waals surface area contributed by atoms with Gasteiger partial charge in [-0.25, -0.2) is 4.79 Å². The predicted molar refractivity (Wildman–Crippen MR) is 71.3 cm³/mol. The third-order valence-electron chi connectivity index (χ3n) is 2.39. The Labute approximate surface area is 112 Å². The van der Waals surface area contributed by atoms with Crippen LogP contribution in [0.1, 0.15) is 49.7 Å². The predicted octanol–water partition coefficient (Wildman–Crippen LogP) is 2.79. The Morgan fingerprint density at radius 1 is 1.42 bits per heavy atom. The van der Waals surface area contributed by atoms with E-state index in [1.165, 1.54) is 18.2 Å². The summed E-state index contributed by atoms with van der Waals surface area (Å²) in [5.41, 5.74) is 0.317. The van der Waals surface area contributed by atoms with Crippen molar-refractivity contribution in [1.29, 1.82) is 0 Å². The molecule has 5 nitrogen and oxygen atoms in total. The van der Waals surface area contributed by atoms with Crippen LogP contribution in [0.15, 0.2) is 18.2 Å². The van der Waals surface area contributed by atoms with E-state index < -0.39 is 17.7 Å². The van der Waals surface area contributed by atoms with E-state index in [1.54, 1.807) is 27.7 Å². The van der Waals surface area contributed by atoms with Crippen LogP contribution in [-0.2, 0) is 4.74 Å². The summed E-state index contributed by atoms with van der Waals surface area (Å²) in [6, 6.07) is 4.00. The van der Waals surface area contributed by atoms with E-state index in [9.17, 15) is 14.7 Å². The zero-order chi connectivity index (χ0) is 14.6. The molecular formula is C14H19NO4. The number of hydrogen-bond donors (Lipinski definition) is 2. The molecule has 0 fully saturated rings. The quantitative estimate of drug-likeness (QED) is 0.824. The van der Waals surface area contributed by atoms with Gasteiger partial charge >= 0.3 is 6.09 Å². The maximum Gasteiger partial charge on any atom is 0.408 e. The van der Waals surface area contributed by atoms with E-state index in [1.807, 2.05) is 0 Å². The fourth-order valence-electron chi connectivity index (χ4n) is 1.56. The highest BCUT2D eigenvalue weighted by molar-refractivity contribution is 5.76. The highest BCUT2D eigenvalue weighted by Crippen LogP contribution is 2.25. The summed E-state index contributed by atoms with van der Waals surface area (Å²) < 4.78 is 5.13. The van der Waals surface area contributed by atoms with Crippen LogP contribution in [0.5, 0.6) is 5.75 Å². The Morgan fingerprint density at radius 2 is 2.05 bits per heavy atom. The number of hydrogen-bond acceptors (Lipinski definition) is 4. The van der Waals surface area contributed by atoms with Gasteiger partial charge in [0.25, 0.3) is 0 Å². The van der Waals surface area contributed by atoms with E-state index in [4.69, 9.17) is 4.74 Å². The number of nitrogens with one attached hydrogen (secondary N) is 1. The average Bonchev–Trinajstić information content (AvgIpc) is 2.26. The summed E-state index contributed by atoms with van der Waals surface area (Å²) in [4.78, 5) is 22.3. The maximum atomic E-state index is 11.6. The molecule has 0 aliphatic heterocycles. The number of phenols is 1. The minimum absolute atomic E-state index is 0.0224. The minimum Gasteiger partial charge on any atom is -0.508 e. The molecule has 0 radical (unpaired) electrons. The van der Waals surface area contributed by atoms with Crippen LogP contribution < -0.4 is 5.32 Å². The summed E-state index contributed by atoms with van der Waals surface area (Å²) in [6.07, 6.45) is 0.110. The summed E-state index contributed by atoms with van der Waals surface area (Å²) in [7, 11) is 0. The van der Waals surface area contributed by atoms with Gasteiger partial charge < -0.3 is 15.2 Å². The molecule has 1 amide bonds. The first-order chi connectivity index (χ1) is 8.73. The molecule has 1 aromatic rings. The molecule has 1 atom stereocenters. The molecule has 0 saturated carbocycles. The van der Waals surface area contributed by atoms with Gasteiger partial charge in [0.2, 0.25) is 0 Å². The molecule has 0 bridgehead atoms. The molecule has 0 spiro atoms. The number of aldehydes is 1. The topological polar surface area (TPSA) is 75.6 Å². The lowest BCUT2D eigenvalue weighted by Crippen LogP contribution is -2.34. The van der Waals surface area contributed by atoms with Crippen molar-refractivity contribution in [3.63, 3.8) is 0 Å². The molecule has 2 N–H and O–H groups in total. The van der Waals surface area contributed by atoms with Crippen molar-refractivity contribution in [2.24, 2.45) is 0 Å². The van der Waals surface area contributed by atoms with Crippen molar-refractivity contribution in [3.05, 3.63) is 29.3 Å². The van der Waals surface area contributed by atoms with Gasteiger partial charge in [-0.2, -0.15) is 0 Å². The monoisotopic (exact) mass is 265 g/mol. The van der Waals surface area contributed by atoms with Crippen LogP contribution in [0.4, 0.5) is 4.79 Å². The van der Waals surface area contributed by atoms with Crippen LogP contribution in [0, 0.1) is 0 Å². The Kier molecular flexibility index (Phi) is 4.53. The van der Waals surface area contributed by atoms with Crippen LogP contribution in [0.2, 0.25) is 0 Å². The number of carbonyl (C=O) groups is 2.